The van der Waals surface area contributed by atoms with Crippen molar-refractivity contribution in [2.75, 3.05) is 32.7 Å². The molecule has 3 heteroatoms. The standard InChI is InChI=1S/C24H38N2O/c1-5-22(23-17-26(16-19(23)4)24(27)18(2)3)21-10-8-20(9-11-21)12-15-25-13-6-7-14-25/h8-11,18-19,22-23H,5-7,12-17H2,1-4H3. The molecule has 27 heavy (non-hydrogen) atoms. The zero-order chi connectivity index (χ0) is 19.4. The summed E-state index contributed by atoms with van der Waals surface area (Å²) in [5.74, 6) is 2.13. The highest BCUT2D eigenvalue weighted by Crippen LogP contribution is 2.38. The van der Waals surface area contributed by atoms with E-state index in [4.69, 9.17) is 0 Å². The molecule has 0 aromatic heterocycles. The van der Waals surface area contributed by atoms with Crippen molar-refractivity contribution in [1.82, 2.24) is 9.80 Å². The van der Waals surface area contributed by atoms with Crippen LogP contribution in [0.15, 0.2) is 24.3 Å². The average molecular weight is 371 g/mol. The van der Waals surface area contributed by atoms with Gasteiger partial charge in [0, 0.05) is 25.6 Å². The van der Waals surface area contributed by atoms with E-state index < -0.39 is 0 Å². The first-order valence-corrected chi connectivity index (χ1v) is 11.1. The van der Waals surface area contributed by atoms with Gasteiger partial charge >= 0.3 is 0 Å². The molecule has 2 heterocycles. The van der Waals surface area contributed by atoms with Crippen molar-refractivity contribution in [2.45, 2.75) is 59.3 Å². The third-order valence-corrected chi connectivity index (χ3v) is 6.76. The molecule has 0 aliphatic carbocycles. The van der Waals surface area contributed by atoms with Gasteiger partial charge in [0.25, 0.3) is 0 Å². The fourth-order valence-electron chi connectivity index (χ4n) is 5.07. The van der Waals surface area contributed by atoms with E-state index in [2.05, 4.69) is 47.9 Å². The van der Waals surface area contributed by atoms with Gasteiger partial charge in [0.15, 0.2) is 0 Å². The zero-order valence-electron chi connectivity index (χ0n) is 17.8. The topological polar surface area (TPSA) is 23.6 Å². The molecule has 3 atom stereocenters. The predicted molar refractivity (Wildman–Crippen MR) is 113 cm³/mol. The molecule has 150 valence electrons. The maximum atomic E-state index is 12.4. The summed E-state index contributed by atoms with van der Waals surface area (Å²) in [6.45, 7) is 14.2. The number of nitrogens with zero attached hydrogens (tertiary/aromatic N) is 2. The highest BCUT2D eigenvalue weighted by atomic mass is 16.2. The summed E-state index contributed by atoms with van der Waals surface area (Å²) in [7, 11) is 0. The van der Waals surface area contributed by atoms with Crippen LogP contribution in [-0.4, -0.2) is 48.4 Å². The maximum absolute atomic E-state index is 12.4. The first-order chi connectivity index (χ1) is 13.0. The third-order valence-electron chi connectivity index (χ3n) is 6.76. The Morgan fingerprint density at radius 3 is 2.37 bits per heavy atom. The molecule has 0 spiro atoms. The summed E-state index contributed by atoms with van der Waals surface area (Å²) in [4.78, 5) is 17.1. The number of carbonyl (C=O) groups excluding carboxylic acids is 1. The number of rotatable bonds is 7. The smallest absolute Gasteiger partial charge is 0.225 e. The van der Waals surface area contributed by atoms with E-state index in [0.29, 0.717) is 23.7 Å². The minimum absolute atomic E-state index is 0.103. The lowest BCUT2D eigenvalue weighted by atomic mass is 9.79. The third kappa shape index (κ3) is 4.93. The largest absolute Gasteiger partial charge is 0.342 e. The Bertz CT molecular complexity index is 603. The summed E-state index contributed by atoms with van der Waals surface area (Å²) >= 11 is 0. The predicted octanol–water partition coefficient (Wildman–Crippen LogP) is 4.57. The Morgan fingerprint density at radius 1 is 1.11 bits per heavy atom. The van der Waals surface area contributed by atoms with Gasteiger partial charge in [0.05, 0.1) is 0 Å². The summed E-state index contributed by atoms with van der Waals surface area (Å²) in [5.41, 5.74) is 2.91. The molecule has 1 aromatic rings. The van der Waals surface area contributed by atoms with E-state index in [1.54, 1.807) is 0 Å². The van der Waals surface area contributed by atoms with Gasteiger partial charge in [-0.3, -0.25) is 4.79 Å². The molecule has 2 aliphatic rings. The summed E-state index contributed by atoms with van der Waals surface area (Å²) in [6.07, 6.45) is 5.04. The Morgan fingerprint density at radius 2 is 1.78 bits per heavy atom. The molecule has 1 amide bonds. The van der Waals surface area contributed by atoms with Crippen LogP contribution in [0.5, 0.6) is 0 Å². The van der Waals surface area contributed by atoms with Gasteiger partial charge in [-0.2, -0.15) is 0 Å². The summed E-state index contributed by atoms with van der Waals surface area (Å²) < 4.78 is 0. The van der Waals surface area contributed by atoms with E-state index in [-0.39, 0.29) is 5.92 Å². The second kappa shape index (κ2) is 9.23. The van der Waals surface area contributed by atoms with Crippen molar-refractivity contribution in [3.8, 4) is 0 Å². The molecule has 0 radical (unpaired) electrons. The fraction of sp³-hybridized carbons (Fsp3) is 0.708. The number of carbonyl (C=O) groups is 1. The van der Waals surface area contributed by atoms with Crippen LogP contribution in [0.4, 0.5) is 0 Å². The highest BCUT2D eigenvalue weighted by molar-refractivity contribution is 5.78. The van der Waals surface area contributed by atoms with Crippen molar-refractivity contribution in [2.24, 2.45) is 17.8 Å². The lowest BCUT2D eigenvalue weighted by molar-refractivity contribution is -0.133. The van der Waals surface area contributed by atoms with E-state index >= 15 is 0 Å². The van der Waals surface area contributed by atoms with Crippen molar-refractivity contribution in [3.63, 3.8) is 0 Å². The Labute approximate surface area is 166 Å². The first-order valence-electron chi connectivity index (χ1n) is 11.1. The minimum Gasteiger partial charge on any atom is -0.342 e. The number of amides is 1. The van der Waals surface area contributed by atoms with E-state index in [9.17, 15) is 4.79 Å². The lowest BCUT2D eigenvalue weighted by Gasteiger charge is -2.26. The van der Waals surface area contributed by atoms with E-state index in [1.807, 2.05) is 13.8 Å². The van der Waals surface area contributed by atoms with Crippen LogP contribution in [0, 0.1) is 17.8 Å². The van der Waals surface area contributed by atoms with Crippen molar-refractivity contribution in [3.05, 3.63) is 35.4 Å². The molecular formula is C24H38N2O. The van der Waals surface area contributed by atoms with Gasteiger partial charge in [-0.1, -0.05) is 52.0 Å². The number of hydrogen-bond donors (Lipinski definition) is 0. The Kier molecular flexibility index (Phi) is 6.97. The van der Waals surface area contributed by atoms with E-state index in [0.717, 1.165) is 25.9 Å². The Hall–Kier alpha value is -1.35. The van der Waals surface area contributed by atoms with Crippen LogP contribution < -0.4 is 0 Å². The Balaban J connectivity index is 1.62. The van der Waals surface area contributed by atoms with Crippen LogP contribution in [0.1, 0.15) is 64.0 Å². The van der Waals surface area contributed by atoms with Gasteiger partial charge in [-0.25, -0.2) is 0 Å². The summed E-state index contributed by atoms with van der Waals surface area (Å²) in [5, 5.41) is 0. The molecular weight excluding hydrogens is 332 g/mol. The average Bonchev–Trinajstić information content (AvgIpc) is 3.31. The van der Waals surface area contributed by atoms with Gasteiger partial charge in [-0.15, -0.1) is 0 Å². The lowest BCUT2D eigenvalue weighted by Crippen LogP contribution is -2.32. The number of benzene rings is 1. The highest BCUT2D eigenvalue weighted by Gasteiger charge is 2.37. The quantitative estimate of drug-likeness (QED) is 0.702. The molecule has 1 aromatic carbocycles. The van der Waals surface area contributed by atoms with Crippen LogP contribution in [-0.2, 0) is 11.2 Å². The van der Waals surface area contributed by atoms with Gasteiger partial charge in [0.2, 0.25) is 5.91 Å². The van der Waals surface area contributed by atoms with Gasteiger partial charge in [0.1, 0.15) is 0 Å². The molecule has 0 saturated carbocycles. The molecule has 2 saturated heterocycles. The monoisotopic (exact) mass is 370 g/mol. The minimum atomic E-state index is 0.103. The zero-order valence-corrected chi connectivity index (χ0v) is 17.8. The molecule has 2 aliphatic heterocycles. The maximum Gasteiger partial charge on any atom is 0.225 e. The SMILES string of the molecule is CCC(c1ccc(CCN2CCCC2)cc1)C1CN(C(=O)C(C)C)CC1C. The molecule has 0 bridgehead atoms. The van der Waals surface area contributed by atoms with Crippen LogP contribution >= 0.6 is 0 Å². The molecule has 2 fully saturated rings. The van der Waals surface area contributed by atoms with E-state index in [1.165, 1.54) is 43.6 Å². The van der Waals surface area contributed by atoms with Gasteiger partial charge < -0.3 is 9.80 Å². The normalized spacial score (nSPS) is 24.7. The van der Waals surface area contributed by atoms with Crippen LogP contribution in [0.25, 0.3) is 0 Å². The first kappa shape index (κ1) is 20.4. The van der Waals surface area contributed by atoms with Crippen molar-refractivity contribution in [1.29, 1.82) is 0 Å². The number of likely N-dealkylation sites (tertiary alicyclic amines) is 2. The molecule has 3 rings (SSSR count). The second-order valence-corrected chi connectivity index (χ2v) is 9.09. The second-order valence-electron chi connectivity index (χ2n) is 9.09. The van der Waals surface area contributed by atoms with Gasteiger partial charge in [-0.05, 0) is 67.7 Å². The van der Waals surface area contributed by atoms with Crippen LogP contribution in [0.2, 0.25) is 0 Å². The van der Waals surface area contributed by atoms with Crippen LogP contribution in [0.3, 0.4) is 0 Å². The molecule has 0 N–H and O–H groups in total. The molecule has 3 unspecified atom stereocenters. The fourth-order valence-corrected chi connectivity index (χ4v) is 5.07. The van der Waals surface area contributed by atoms with Crippen molar-refractivity contribution < 1.29 is 4.79 Å². The molecule has 3 nitrogen and oxygen atoms in total. The summed E-state index contributed by atoms with van der Waals surface area (Å²) in [6, 6.07) is 9.38. The van der Waals surface area contributed by atoms with Crippen molar-refractivity contribution >= 4 is 5.91 Å². The number of hydrogen-bond acceptors (Lipinski definition) is 2.